The lowest BCUT2D eigenvalue weighted by Crippen LogP contribution is -2.46. The molecule has 5 nitrogen and oxygen atoms in total. The maximum absolute atomic E-state index is 12.5. The summed E-state index contributed by atoms with van der Waals surface area (Å²) in [5.41, 5.74) is 7.38. The number of nitrogens with one attached hydrogen (secondary N) is 1. The molecule has 0 bridgehead atoms. The number of nitrogens with zero attached hydrogens (tertiary/aromatic N) is 1. The van der Waals surface area contributed by atoms with E-state index in [0.717, 1.165) is 20.0 Å². The first-order valence-corrected chi connectivity index (χ1v) is 8.81. The molecule has 0 saturated heterocycles. The van der Waals surface area contributed by atoms with E-state index < -0.39 is 17.9 Å². The summed E-state index contributed by atoms with van der Waals surface area (Å²) in [7, 11) is 0. The van der Waals surface area contributed by atoms with Crippen LogP contribution in [0.5, 0.6) is 0 Å². The van der Waals surface area contributed by atoms with Crippen LogP contribution in [0.25, 0.3) is 10.9 Å². The normalized spacial score (nSPS) is 11.9. The third-order valence-corrected chi connectivity index (χ3v) is 4.48. The van der Waals surface area contributed by atoms with Crippen LogP contribution in [0.3, 0.4) is 0 Å². The fraction of sp³-hybridized carbons (Fsp3) is 0.105. The molecule has 1 heterocycles. The van der Waals surface area contributed by atoms with Crippen molar-refractivity contribution in [3.8, 4) is 0 Å². The van der Waals surface area contributed by atoms with Crippen LogP contribution in [0.2, 0.25) is 0 Å². The van der Waals surface area contributed by atoms with E-state index in [2.05, 4.69) is 32.9 Å². The molecule has 3 N–H and O–H groups in total. The van der Waals surface area contributed by atoms with Gasteiger partial charge in [0.15, 0.2) is 0 Å². The highest BCUT2D eigenvalue weighted by molar-refractivity contribution is 14.1. The highest BCUT2D eigenvalue weighted by Crippen LogP contribution is 2.13. The molecule has 0 spiro atoms. The van der Waals surface area contributed by atoms with Crippen molar-refractivity contribution in [2.75, 3.05) is 0 Å². The number of fused-ring (bicyclic) bond motifs is 1. The van der Waals surface area contributed by atoms with Crippen molar-refractivity contribution in [2.45, 2.75) is 12.5 Å². The minimum absolute atomic E-state index is 0.257. The molecule has 0 fully saturated rings. The molecule has 0 aliphatic carbocycles. The van der Waals surface area contributed by atoms with E-state index in [0.29, 0.717) is 6.42 Å². The smallest absolute Gasteiger partial charge is 0.270 e. The number of primary amides is 1. The van der Waals surface area contributed by atoms with Gasteiger partial charge in [-0.05, 0) is 52.4 Å². The molecule has 2 amide bonds. The van der Waals surface area contributed by atoms with Crippen LogP contribution in [-0.4, -0.2) is 22.8 Å². The Morgan fingerprint density at radius 1 is 1.08 bits per heavy atom. The highest BCUT2D eigenvalue weighted by Gasteiger charge is 2.20. The summed E-state index contributed by atoms with van der Waals surface area (Å²) in [6, 6.07) is 17.9. The number of hydrogen-bond acceptors (Lipinski definition) is 3. The maximum Gasteiger partial charge on any atom is 0.270 e. The fourth-order valence-electron chi connectivity index (χ4n) is 2.55. The number of benzene rings is 2. The SMILES string of the molecule is NC(=O)[C@H](Cc1cccc(I)c1)NC(=O)c1ccc2ccccc2n1. The van der Waals surface area contributed by atoms with Gasteiger partial charge in [-0.25, -0.2) is 4.98 Å². The number of amides is 2. The number of aromatic nitrogens is 1. The van der Waals surface area contributed by atoms with E-state index in [1.807, 2.05) is 54.6 Å². The average Bonchev–Trinajstić information content (AvgIpc) is 2.60. The molecule has 25 heavy (non-hydrogen) atoms. The van der Waals surface area contributed by atoms with Crippen molar-refractivity contribution in [1.29, 1.82) is 0 Å². The number of para-hydroxylation sites is 1. The Labute approximate surface area is 158 Å². The van der Waals surface area contributed by atoms with Crippen LogP contribution in [0.4, 0.5) is 0 Å². The largest absolute Gasteiger partial charge is 0.368 e. The van der Waals surface area contributed by atoms with Gasteiger partial charge >= 0.3 is 0 Å². The summed E-state index contributed by atoms with van der Waals surface area (Å²) < 4.78 is 1.06. The fourth-order valence-corrected chi connectivity index (χ4v) is 3.15. The van der Waals surface area contributed by atoms with Crippen molar-refractivity contribution in [1.82, 2.24) is 10.3 Å². The lowest BCUT2D eigenvalue weighted by molar-refractivity contribution is -0.119. The molecular formula is C19H16IN3O2. The number of carbonyl (C=O) groups is 2. The molecule has 0 unspecified atom stereocenters. The van der Waals surface area contributed by atoms with Crippen molar-refractivity contribution >= 4 is 45.3 Å². The molecule has 2 aromatic carbocycles. The van der Waals surface area contributed by atoms with Crippen molar-refractivity contribution in [2.24, 2.45) is 5.73 Å². The molecular weight excluding hydrogens is 429 g/mol. The number of carbonyl (C=O) groups excluding carboxylic acids is 2. The van der Waals surface area contributed by atoms with Crippen molar-refractivity contribution in [3.63, 3.8) is 0 Å². The first-order chi connectivity index (χ1) is 12.0. The highest BCUT2D eigenvalue weighted by atomic mass is 127. The summed E-state index contributed by atoms with van der Waals surface area (Å²) in [6.45, 7) is 0. The van der Waals surface area contributed by atoms with Crippen LogP contribution in [0.15, 0.2) is 60.7 Å². The Balaban J connectivity index is 1.78. The van der Waals surface area contributed by atoms with Crippen molar-refractivity contribution < 1.29 is 9.59 Å². The van der Waals surface area contributed by atoms with Gasteiger partial charge in [0, 0.05) is 15.4 Å². The van der Waals surface area contributed by atoms with Gasteiger partial charge in [-0.3, -0.25) is 9.59 Å². The molecule has 6 heteroatoms. The second kappa shape index (κ2) is 7.60. The Morgan fingerprint density at radius 2 is 1.88 bits per heavy atom. The van der Waals surface area contributed by atoms with Crippen LogP contribution in [0, 0.1) is 3.57 Å². The number of halogens is 1. The molecule has 0 aliphatic heterocycles. The number of hydrogen-bond donors (Lipinski definition) is 2. The molecule has 126 valence electrons. The van der Waals surface area contributed by atoms with Gasteiger partial charge < -0.3 is 11.1 Å². The van der Waals surface area contributed by atoms with Gasteiger partial charge in [0.25, 0.3) is 5.91 Å². The quantitative estimate of drug-likeness (QED) is 0.593. The molecule has 1 aromatic heterocycles. The van der Waals surface area contributed by atoms with E-state index >= 15 is 0 Å². The second-order valence-corrected chi connectivity index (χ2v) is 6.90. The Bertz CT molecular complexity index is 943. The van der Waals surface area contributed by atoms with E-state index in [1.165, 1.54) is 0 Å². The predicted molar refractivity (Wildman–Crippen MR) is 105 cm³/mol. The maximum atomic E-state index is 12.5. The van der Waals surface area contributed by atoms with E-state index in [9.17, 15) is 9.59 Å². The lowest BCUT2D eigenvalue weighted by Gasteiger charge is -2.15. The molecule has 0 aliphatic rings. The topological polar surface area (TPSA) is 85.1 Å². The van der Waals surface area contributed by atoms with Gasteiger partial charge in [-0.1, -0.05) is 36.4 Å². The first kappa shape index (κ1) is 17.3. The van der Waals surface area contributed by atoms with E-state index in [-0.39, 0.29) is 5.69 Å². The monoisotopic (exact) mass is 445 g/mol. The Kier molecular flexibility index (Phi) is 5.28. The molecule has 1 atom stereocenters. The summed E-state index contributed by atoms with van der Waals surface area (Å²) in [5.74, 6) is -0.992. The standard InChI is InChI=1S/C19H16IN3O2/c20-14-6-3-4-12(10-14)11-17(18(21)24)23-19(25)16-9-8-13-5-1-2-7-15(13)22-16/h1-10,17H,11H2,(H2,21,24)(H,23,25)/t17-/m0/s1. The first-order valence-electron chi connectivity index (χ1n) is 7.73. The Morgan fingerprint density at radius 3 is 2.64 bits per heavy atom. The lowest BCUT2D eigenvalue weighted by atomic mass is 10.1. The Hall–Kier alpha value is -2.48. The predicted octanol–water partition coefficient (Wildman–Crippen LogP) is 2.67. The molecule has 3 aromatic rings. The average molecular weight is 445 g/mol. The van der Waals surface area contributed by atoms with Gasteiger partial charge in [0.1, 0.15) is 11.7 Å². The zero-order valence-electron chi connectivity index (χ0n) is 13.3. The minimum atomic E-state index is -0.793. The third kappa shape index (κ3) is 4.33. The summed E-state index contributed by atoms with van der Waals surface area (Å²) in [6.07, 6.45) is 0.339. The minimum Gasteiger partial charge on any atom is -0.368 e. The van der Waals surface area contributed by atoms with Gasteiger partial charge in [0.2, 0.25) is 5.91 Å². The number of nitrogens with two attached hydrogens (primary N) is 1. The molecule has 3 rings (SSSR count). The zero-order chi connectivity index (χ0) is 17.8. The van der Waals surface area contributed by atoms with Gasteiger partial charge in [-0.2, -0.15) is 0 Å². The summed E-state index contributed by atoms with van der Waals surface area (Å²) >= 11 is 2.20. The van der Waals surface area contributed by atoms with Crippen molar-refractivity contribution in [3.05, 3.63) is 75.5 Å². The number of pyridine rings is 1. The molecule has 0 radical (unpaired) electrons. The van der Waals surface area contributed by atoms with E-state index in [4.69, 9.17) is 5.73 Å². The van der Waals surface area contributed by atoms with Crippen LogP contribution < -0.4 is 11.1 Å². The zero-order valence-corrected chi connectivity index (χ0v) is 15.4. The molecule has 0 saturated carbocycles. The number of rotatable bonds is 5. The summed E-state index contributed by atoms with van der Waals surface area (Å²) in [4.78, 5) is 28.6. The summed E-state index contributed by atoms with van der Waals surface area (Å²) in [5, 5.41) is 3.64. The van der Waals surface area contributed by atoms with Crippen LogP contribution >= 0.6 is 22.6 Å². The van der Waals surface area contributed by atoms with Crippen LogP contribution in [-0.2, 0) is 11.2 Å². The van der Waals surface area contributed by atoms with Crippen LogP contribution in [0.1, 0.15) is 16.1 Å². The third-order valence-electron chi connectivity index (χ3n) is 3.81. The van der Waals surface area contributed by atoms with Gasteiger partial charge in [-0.15, -0.1) is 0 Å². The van der Waals surface area contributed by atoms with E-state index in [1.54, 1.807) is 6.07 Å². The second-order valence-electron chi connectivity index (χ2n) is 5.65. The van der Waals surface area contributed by atoms with Gasteiger partial charge in [0.05, 0.1) is 5.52 Å².